The summed E-state index contributed by atoms with van der Waals surface area (Å²) in [6, 6.07) is 4.69. The molecule has 0 saturated heterocycles. The van der Waals surface area contributed by atoms with E-state index < -0.39 is 6.04 Å². The molecule has 1 aromatic carbocycles. The van der Waals surface area contributed by atoms with Crippen LogP contribution in [0.4, 0.5) is 0 Å². The Labute approximate surface area is 161 Å². The van der Waals surface area contributed by atoms with Crippen LogP contribution in [-0.4, -0.2) is 38.1 Å². The van der Waals surface area contributed by atoms with Crippen molar-refractivity contribution >= 4 is 24.2 Å². The van der Waals surface area contributed by atoms with Crippen molar-refractivity contribution in [1.29, 1.82) is 0 Å². The maximum absolute atomic E-state index is 12.1. The lowest BCUT2D eigenvalue weighted by atomic mass is 9.87. The molecule has 26 heavy (non-hydrogen) atoms. The molecule has 0 fully saturated rings. The molecule has 0 aliphatic rings. The van der Waals surface area contributed by atoms with Crippen molar-refractivity contribution in [2.24, 2.45) is 11.1 Å². The van der Waals surface area contributed by atoms with Gasteiger partial charge >= 0.3 is 0 Å². The van der Waals surface area contributed by atoms with Gasteiger partial charge in [-0.2, -0.15) is 0 Å². The van der Waals surface area contributed by atoms with Gasteiger partial charge in [0.1, 0.15) is 0 Å². The highest BCUT2D eigenvalue weighted by Crippen LogP contribution is 2.28. The summed E-state index contributed by atoms with van der Waals surface area (Å²) in [6.07, 6.45) is 0. The highest BCUT2D eigenvalue weighted by Gasteiger charge is 2.27. The molecule has 8 heteroatoms. The number of carbonyl (C=O) groups is 2. The molecule has 0 heterocycles. The molecule has 148 valence electrons. The lowest BCUT2D eigenvalue weighted by Crippen LogP contribution is -2.48. The SMILES string of the molecule is CCNC(=O)COc1ccc(CNC(=O)[C@@H](N)C(C)(C)C)cc1OC.Cl. The number of likely N-dealkylation sites (N-methyl/N-ethyl adjacent to an activating group) is 1. The monoisotopic (exact) mass is 387 g/mol. The van der Waals surface area contributed by atoms with Gasteiger partial charge in [0, 0.05) is 13.1 Å². The molecular weight excluding hydrogens is 358 g/mol. The number of nitrogens with two attached hydrogens (primary N) is 1. The smallest absolute Gasteiger partial charge is 0.257 e. The van der Waals surface area contributed by atoms with E-state index in [-0.39, 0.29) is 36.2 Å². The minimum atomic E-state index is -0.589. The Kier molecular flexibility index (Phi) is 10.0. The van der Waals surface area contributed by atoms with Gasteiger partial charge < -0.3 is 25.8 Å². The molecule has 4 N–H and O–H groups in total. The maximum Gasteiger partial charge on any atom is 0.257 e. The Morgan fingerprint density at radius 3 is 2.38 bits per heavy atom. The van der Waals surface area contributed by atoms with Crippen LogP contribution in [0.3, 0.4) is 0 Å². The van der Waals surface area contributed by atoms with Crippen LogP contribution in [0.25, 0.3) is 0 Å². The first kappa shape index (κ1) is 24.0. The average molecular weight is 388 g/mol. The molecular formula is C18H30ClN3O4. The predicted octanol–water partition coefficient (Wildman–Crippen LogP) is 1.62. The number of benzene rings is 1. The highest BCUT2D eigenvalue weighted by molar-refractivity contribution is 5.85. The Balaban J connectivity index is 0.00000625. The van der Waals surface area contributed by atoms with Crippen molar-refractivity contribution in [1.82, 2.24) is 10.6 Å². The van der Waals surface area contributed by atoms with Gasteiger partial charge in [0.25, 0.3) is 5.91 Å². The Morgan fingerprint density at radius 1 is 1.19 bits per heavy atom. The van der Waals surface area contributed by atoms with Gasteiger partial charge in [-0.05, 0) is 30.0 Å². The molecule has 0 radical (unpaired) electrons. The zero-order chi connectivity index (χ0) is 19.0. The van der Waals surface area contributed by atoms with Crippen LogP contribution in [0, 0.1) is 5.41 Å². The average Bonchev–Trinajstić information content (AvgIpc) is 2.56. The topological polar surface area (TPSA) is 103 Å². The fraction of sp³-hybridized carbons (Fsp3) is 0.556. The largest absolute Gasteiger partial charge is 0.493 e. The first-order valence-electron chi connectivity index (χ1n) is 8.28. The number of carbonyl (C=O) groups excluding carboxylic acids is 2. The second-order valence-corrected chi connectivity index (χ2v) is 6.79. The number of hydrogen-bond donors (Lipinski definition) is 3. The third kappa shape index (κ3) is 7.49. The Bertz CT molecular complexity index is 603. The molecule has 2 amide bonds. The number of ether oxygens (including phenoxy) is 2. The molecule has 0 aliphatic carbocycles. The summed E-state index contributed by atoms with van der Waals surface area (Å²) in [5.74, 6) is 0.562. The van der Waals surface area contributed by atoms with E-state index in [0.29, 0.717) is 24.6 Å². The summed E-state index contributed by atoms with van der Waals surface area (Å²) in [5, 5.41) is 5.47. The van der Waals surface area contributed by atoms with Crippen LogP contribution in [0.15, 0.2) is 18.2 Å². The third-order valence-electron chi connectivity index (χ3n) is 3.64. The minimum Gasteiger partial charge on any atom is -0.493 e. The molecule has 0 unspecified atom stereocenters. The molecule has 0 bridgehead atoms. The van der Waals surface area contributed by atoms with Crippen molar-refractivity contribution in [3.05, 3.63) is 23.8 Å². The van der Waals surface area contributed by atoms with Crippen molar-refractivity contribution in [2.45, 2.75) is 40.3 Å². The molecule has 0 aromatic heterocycles. The second kappa shape index (κ2) is 10.9. The first-order chi connectivity index (χ1) is 11.7. The van der Waals surface area contributed by atoms with Gasteiger partial charge in [-0.25, -0.2) is 0 Å². The van der Waals surface area contributed by atoms with Crippen molar-refractivity contribution < 1.29 is 19.1 Å². The Morgan fingerprint density at radius 2 is 1.85 bits per heavy atom. The Hall–Kier alpha value is -1.99. The molecule has 7 nitrogen and oxygen atoms in total. The molecule has 0 saturated carbocycles. The van der Waals surface area contributed by atoms with Gasteiger partial charge in [-0.3, -0.25) is 9.59 Å². The van der Waals surface area contributed by atoms with Gasteiger partial charge in [0.15, 0.2) is 18.1 Å². The maximum atomic E-state index is 12.1. The first-order valence-corrected chi connectivity index (χ1v) is 8.28. The fourth-order valence-corrected chi connectivity index (χ4v) is 2.03. The summed E-state index contributed by atoms with van der Waals surface area (Å²) in [5.41, 5.74) is 6.47. The lowest BCUT2D eigenvalue weighted by Gasteiger charge is -2.25. The highest BCUT2D eigenvalue weighted by atomic mass is 35.5. The van der Waals surface area contributed by atoms with Gasteiger partial charge in [-0.1, -0.05) is 26.8 Å². The van der Waals surface area contributed by atoms with Crippen LogP contribution < -0.4 is 25.8 Å². The summed E-state index contributed by atoms with van der Waals surface area (Å²) < 4.78 is 10.8. The summed E-state index contributed by atoms with van der Waals surface area (Å²) in [6.45, 7) is 8.39. The van der Waals surface area contributed by atoms with Gasteiger partial charge in [0.2, 0.25) is 5.91 Å². The van der Waals surface area contributed by atoms with E-state index in [4.69, 9.17) is 15.2 Å². The minimum absolute atomic E-state index is 0. The van der Waals surface area contributed by atoms with E-state index in [0.717, 1.165) is 5.56 Å². The molecule has 1 rings (SSSR count). The van der Waals surface area contributed by atoms with E-state index in [1.165, 1.54) is 7.11 Å². The number of halogens is 1. The molecule has 1 aromatic rings. The van der Waals surface area contributed by atoms with Crippen LogP contribution in [0.2, 0.25) is 0 Å². The van der Waals surface area contributed by atoms with E-state index >= 15 is 0 Å². The molecule has 1 atom stereocenters. The summed E-state index contributed by atoms with van der Waals surface area (Å²) in [4.78, 5) is 23.6. The number of methoxy groups -OCH3 is 1. The van der Waals surface area contributed by atoms with Crippen molar-refractivity contribution in [3.63, 3.8) is 0 Å². The van der Waals surface area contributed by atoms with Crippen molar-refractivity contribution in [3.8, 4) is 11.5 Å². The standard InChI is InChI=1S/C18H29N3O4.ClH/c1-6-20-15(22)11-25-13-8-7-12(9-14(13)24-5)10-21-17(23)16(19)18(2,3)4;/h7-9,16H,6,10-11,19H2,1-5H3,(H,20,22)(H,21,23);1H/t16-;/m1./s1. The quantitative estimate of drug-likeness (QED) is 0.629. The zero-order valence-corrected chi connectivity index (χ0v) is 16.9. The van der Waals surface area contributed by atoms with Gasteiger partial charge in [0.05, 0.1) is 13.2 Å². The zero-order valence-electron chi connectivity index (χ0n) is 16.0. The second-order valence-electron chi connectivity index (χ2n) is 6.79. The predicted molar refractivity (Wildman–Crippen MR) is 104 cm³/mol. The van der Waals surface area contributed by atoms with Crippen LogP contribution in [-0.2, 0) is 16.1 Å². The number of nitrogens with one attached hydrogen (secondary N) is 2. The fourth-order valence-electron chi connectivity index (χ4n) is 2.03. The van der Waals surface area contributed by atoms with Crippen LogP contribution >= 0.6 is 12.4 Å². The van der Waals surface area contributed by atoms with E-state index in [9.17, 15) is 9.59 Å². The number of amides is 2. The van der Waals surface area contributed by atoms with E-state index in [1.54, 1.807) is 18.2 Å². The lowest BCUT2D eigenvalue weighted by molar-refractivity contribution is -0.125. The normalized spacial score (nSPS) is 11.8. The number of rotatable bonds is 8. The van der Waals surface area contributed by atoms with Crippen LogP contribution in [0.1, 0.15) is 33.3 Å². The summed E-state index contributed by atoms with van der Waals surface area (Å²) >= 11 is 0. The number of hydrogen-bond acceptors (Lipinski definition) is 5. The third-order valence-corrected chi connectivity index (χ3v) is 3.64. The van der Waals surface area contributed by atoms with Gasteiger partial charge in [-0.15, -0.1) is 12.4 Å². The molecule has 0 spiro atoms. The summed E-state index contributed by atoms with van der Waals surface area (Å²) in [7, 11) is 1.52. The molecule has 0 aliphatic heterocycles. The van der Waals surface area contributed by atoms with Crippen LogP contribution in [0.5, 0.6) is 11.5 Å². The van der Waals surface area contributed by atoms with E-state index in [2.05, 4.69) is 10.6 Å². The van der Waals surface area contributed by atoms with E-state index in [1.807, 2.05) is 27.7 Å². The van der Waals surface area contributed by atoms with Crippen molar-refractivity contribution in [2.75, 3.05) is 20.3 Å².